The molecule has 1 aromatic carbocycles. The summed E-state index contributed by atoms with van der Waals surface area (Å²) in [5, 5.41) is 0. The smallest absolute Gasteiger partial charge is 0.415 e. The van der Waals surface area contributed by atoms with Gasteiger partial charge in [0.05, 0.1) is 5.69 Å². The molecule has 1 aliphatic rings. The number of hydrogen-bond donors (Lipinski definition) is 0. The first kappa shape index (κ1) is 12.9. The van der Waals surface area contributed by atoms with Crippen molar-refractivity contribution in [1.82, 2.24) is 0 Å². The molecule has 0 fully saturated rings. The average molecular weight is 247 g/mol. The van der Waals surface area contributed by atoms with Crippen molar-refractivity contribution in [3.05, 3.63) is 29.8 Å². The van der Waals surface area contributed by atoms with E-state index in [1.54, 1.807) is 4.90 Å². The monoisotopic (exact) mass is 247 g/mol. The van der Waals surface area contributed by atoms with Crippen LogP contribution in [0.3, 0.4) is 0 Å². The van der Waals surface area contributed by atoms with Gasteiger partial charge in [-0.25, -0.2) is 4.79 Å². The highest BCUT2D eigenvalue weighted by atomic mass is 16.6. The van der Waals surface area contributed by atoms with Crippen LogP contribution in [0, 0.1) is 0 Å². The number of amides is 1. The van der Waals surface area contributed by atoms with Crippen LogP contribution in [0.5, 0.6) is 0 Å². The van der Waals surface area contributed by atoms with Crippen LogP contribution in [0.2, 0.25) is 0 Å². The molecule has 18 heavy (non-hydrogen) atoms. The molecule has 0 radical (unpaired) electrons. The van der Waals surface area contributed by atoms with Gasteiger partial charge in [0.15, 0.2) is 0 Å². The number of carbonyl (C=O) groups excluding carboxylic acids is 1. The molecule has 0 unspecified atom stereocenters. The van der Waals surface area contributed by atoms with E-state index in [4.69, 9.17) is 4.74 Å². The van der Waals surface area contributed by atoms with Gasteiger partial charge in [0.2, 0.25) is 0 Å². The van der Waals surface area contributed by atoms with Crippen molar-refractivity contribution >= 4 is 11.8 Å². The molecule has 0 spiro atoms. The van der Waals surface area contributed by atoms with Crippen molar-refractivity contribution in [3.63, 3.8) is 0 Å². The maximum absolute atomic E-state index is 12.3. The SMILES string of the molecule is C[C@@H]1CCc2ccccc2N1C(=O)OC(C)(C)C. The van der Waals surface area contributed by atoms with Gasteiger partial charge in [-0.05, 0) is 52.2 Å². The van der Waals surface area contributed by atoms with E-state index in [1.807, 2.05) is 39.0 Å². The largest absolute Gasteiger partial charge is 0.443 e. The van der Waals surface area contributed by atoms with Gasteiger partial charge in [-0.2, -0.15) is 0 Å². The maximum atomic E-state index is 12.3. The molecule has 0 aromatic heterocycles. The number of rotatable bonds is 0. The number of benzene rings is 1. The van der Waals surface area contributed by atoms with Crippen molar-refractivity contribution < 1.29 is 9.53 Å². The molecule has 0 N–H and O–H groups in total. The third-order valence-electron chi connectivity index (χ3n) is 3.11. The van der Waals surface area contributed by atoms with Crippen molar-refractivity contribution in [1.29, 1.82) is 0 Å². The first-order chi connectivity index (χ1) is 8.38. The van der Waals surface area contributed by atoms with E-state index in [0.717, 1.165) is 18.5 Å². The van der Waals surface area contributed by atoms with Crippen LogP contribution in [-0.2, 0) is 11.2 Å². The van der Waals surface area contributed by atoms with Crippen molar-refractivity contribution in [2.45, 2.75) is 52.2 Å². The molecule has 0 saturated heterocycles. The maximum Gasteiger partial charge on any atom is 0.415 e. The van der Waals surface area contributed by atoms with E-state index in [2.05, 4.69) is 13.0 Å². The molecule has 1 atom stereocenters. The lowest BCUT2D eigenvalue weighted by Crippen LogP contribution is -2.44. The molecule has 0 aliphatic carbocycles. The normalized spacial score (nSPS) is 19.3. The molecule has 1 aromatic rings. The van der Waals surface area contributed by atoms with Crippen LogP contribution in [-0.4, -0.2) is 17.7 Å². The highest BCUT2D eigenvalue weighted by molar-refractivity contribution is 5.90. The fraction of sp³-hybridized carbons (Fsp3) is 0.533. The summed E-state index contributed by atoms with van der Waals surface area (Å²) in [4.78, 5) is 14.1. The zero-order chi connectivity index (χ0) is 13.3. The molecule has 1 heterocycles. The second-order valence-corrected chi connectivity index (χ2v) is 5.87. The highest BCUT2D eigenvalue weighted by Crippen LogP contribution is 2.31. The molecule has 3 nitrogen and oxygen atoms in total. The van der Waals surface area contributed by atoms with Crippen molar-refractivity contribution in [2.75, 3.05) is 4.90 Å². The Balaban J connectivity index is 2.29. The number of aryl methyl sites for hydroxylation is 1. The zero-order valence-corrected chi connectivity index (χ0v) is 11.6. The second-order valence-electron chi connectivity index (χ2n) is 5.87. The Morgan fingerprint density at radius 3 is 2.67 bits per heavy atom. The van der Waals surface area contributed by atoms with Gasteiger partial charge in [-0.3, -0.25) is 4.90 Å². The van der Waals surface area contributed by atoms with Gasteiger partial charge < -0.3 is 4.74 Å². The number of anilines is 1. The Hall–Kier alpha value is -1.51. The van der Waals surface area contributed by atoms with Crippen LogP contribution in [0.1, 0.15) is 39.7 Å². The minimum atomic E-state index is -0.455. The fourth-order valence-electron chi connectivity index (χ4n) is 2.28. The second kappa shape index (κ2) is 4.63. The summed E-state index contributed by atoms with van der Waals surface area (Å²) in [6, 6.07) is 8.25. The fourth-order valence-corrected chi connectivity index (χ4v) is 2.28. The molecule has 1 aliphatic heterocycles. The molecule has 0 saturated carbocycles. The predicted molar refractivity (Wildman–Crippen MR) is 72.9 cm³/mol. The summed E-state index contributed by atoms with van der Waals surface area (Å²) in [5.41, 5.74) is 1.76. The lowest BCUT2D eigenvalue weighted by molar-refractivity contribution is 0.0563. The average Bonchev–Trinajstić information content (AvgIpc) is 2.26. The summed E-state index contributed by atoms with van der Waals surface area (Å²) in [6.07, 6.45) is 1.76. The van der Waals surface area contributed by atoms with E-state index in [9.17, 15) is 4.79 Å². The third-order valence-corrected chi connectivity index (χ3v) is 3.11. The van der Waals surface area contributed by atoms with Crippen LogP contribution in [0.15, 0.2) is 24.3 Å². The lowest BCUT2D eigenvalue weighted by atomic mass is 9.97. The van der Waals surface area contributed by atoms with Gasteiger partial charge in [0.25, 0.3) is 0 Å². The van der Waals surface area contributed by atoms with E-state index in [-0.39, 0.29) is 12.1 Å². The summed E-state index contributed by atoms with van der Waals surface area (Å²) >= 11 is 0. The van der Waals surface area contributed by atoms with Gasteiger partial charge in [-0.1, -0.05) is 18.2 Å². The number of carbonyl (C=O) groups is 1. The number of fused-ring (bicyclic) bond motifs is 1. The van der Waals surface area contributed by atoms with Gasteiger partial charge in [-0.15, -0.1) is 0 Å². The quantitative estimate of drug-likeness (QED) is 0.698. The molecule has 1 amide bonds. The summed E-state index contributed by atoms with van der Waals surface area (Å²) in [7, 11) is 0. The minimum Gasteiger partial charge on any atom is -0.443 e. The number of hydrogen-bond acceptors (Lipinski definition) is 2. The predicted octanol–water partition coefficient (Wildman–Crippen LogP) is 3.76. The molecule has 2 rings (SSSR count). The Labute approximate surface area is 109 Å². The van der Waals surface area contributed by atoms with Gasteiger partial charge >= 0.3 is 6.09 Å². The molecular weight excluding hydrogens is 226 g/mol. The molecule has 98 valence electrons. The summed E-state index contributed by atoms with van der Waals surface area (Å²) in [6.45, 7) is 7.75. The molecule has 0 bridgehead atoms. The summed E-state index contributed by atoms with van der Waals surface area (Å²) < 4.78 is 5.49. The Morgan fingerprint density at radius 2 is 2.00 bits per heavy atom. The Kier molecular flexibility index (Phi) is 3.33. The Bertz CT molecular complexity index is 448. The van der Waals surface area contributed by atoms with E-state index in [0.29, 0.717) is 0 Å². The first-order valence-electron chi connectivity index (χ1n) is 6.48. The Morgan fingerprint density at radius 1 is 1.33 bits per heavy atom. The van der Waals surface area contributed by atoms with E-state index in [1.165, 1.54) is 5.56 Å². The lowest BCUT2D eigenvalue weighted by Gasteiger charge is -2.36. The number of ether oxygens (including phenoxy) is 1. The van der Waals surface area contributed by atoms with Crippen LogP contribution >= 0.6 is 0 Å². The zero-order valence-electron chi connectivity index (χ0n) is 11.6. The van der Waals surface area contributed by atoms with Crippen LogP contribution in [0.4, 0.5) is 10.5 Å². The van der Waals surface area contributed by atoms with Gasteiger partial charge in [0.1, 0.15) is 5.60 Å². The molecule has 3 heteroatoms. The third kappa shape index (κ3) is 2.66. The number of nitrogens with zero attached hydrogens (tertiary/aromatic N) is 1. The van der Waals surface area contributed by atoms with Gasteiger partial charge in [0, 0.05) is 6.04 Å². The van der Waals surface area contributed by atoms with Crippen LogP contribution < -0.4 is 4.90 Å². The standard InChI is InChI=1S/C15H21NO2/c1-11-9-10-12-7-5-6-8-13(12)16(11)14(17)18-15(2,3)4/h5-8,11H,9-10H2,1-4H3/t11-/m1/s1. The van der Waals surface area contributed by atoms with Crippen molar-refractivity contribution in [2.24, 2.45) is 0 Å². The summed E-state index contributed by atoms with van der Waals surface area (Å²) in [5.74, 6) is 0. The van der Waals surface area contributed by atoms with Crippen LogP contribution in [0.25, 0.3) is 0 Å². The van der Waals surface area contributed by atoms with E-state index >= 15 is 0 Å². The minimum absolute atomic E-state index is 0.190. The van der Waals surface area contributed by atoms with Crippen molar-refractivity contribution in [3.8, 4) is 0 Å². The molecular formula is C15H21NO2. The first-order valence-corrected chi connectivity index (χ1v) is 6.48. The topological polar surface area (TPSA) is 29.5 Å². The highest BCUT2D eigenvalue weighted by Gasteiger charge is 2.31. The number of para-hydroxylation sites is 1. The van der Waals surface area contributed by atoms with E-state index < -0.39 is 5.60 Å².